The van der Waals surface area contributed by atoms with Gasteiger partial charge in [-0.3, -0.25) is 0 Å². The first kappa shape index (κ1) is 12.8. The second kappa shape index (κ2) is 5.41. The number of H-pyrrole nitrogens is 1. The molecule has 0 spiro atoms. The number of thioether (sulfide) groups is 1. The molecular weight excluding hydrogens is 274 g/mol. The fraction of sp³-hybridized carbons (Fsp3) is 0.250. The van der Waals surface area contributed by atoms with Crippen molar-refractivity contribution in [3.63, 3.8) is 0 Å². The second-order valence-electron chi connectivity index (χ2n) is 4.13. The fourth-order valence-corrected chi connectivity index (χ4v) is 2.62. The van der Waals surface area contributed by atoms with Gasteiger partial charge in [0.25, 0.3) is 0 Å². The first-order chi connectivity index (χ1) is 9.76. The van der Waals surface area contributed by atoms with Gasteiger partial charge in [0.15, 0.2) is 5.65 Å². The van der Waals surface area contributed by atoms with Gasteiger partial charge in [-0.1, -0.05) is 11.8 Å². The highest BCUT2D eigenvalue weighted by molar-refractivity contribution is 7.98. The predicted molar refractivity (Wildman–Crippen MR) is 77.6 cm³/mol. The monoisotopic (exact) mass is 287 g/mol. The van der Waals surface area contributed by atoms with E-state index in [0.29, 0.717) is 11.4 Å². The van der Waals surface area contributed by atoms with Crippen LogP contribution in [0, 0.1) is 6.92 Å². The fourth-order valence-electron chi connectivity index (χ4n) is 1.81. The number of nitrogens with zero attached hydrogens (tertiary/aromatic N) is 5. The molecule has 2 N–H and O–H groups in total. The molecular formula is C12H13N7S. The van der Waals surface area contributed by atoms with E-state index in [-0.39, 0.29) is 0 Å². The second-order valence-corrected chi connectivity index (χ2v) is 5.09. The summed E-state index contributed by atoms with van der Waals surface area (Å²) in [5, 5.41) is 3.88. The lowest BCUT2D eigenvalue weighted by molar-refractivity contribution is 0.992. The largest absolute Gasteiger partial charge is 0.373 e. The average molecular weight is 287 g/mol. The smallest absolute Gasteiger partial charge is 0.181 e. The zero-order valence-corrected chi connectivity index (χ0v) is 11.9. The maximum Gasteiger partial charge on any atom is 0.181 e. The van der Waals surface area contributed by atoms with Crippen molar-refractivity contribution in [2.75, 3.05) is 12.4 Å². The summed E-state index contributed by atoms with van der Waals surface area (Å²) in [5.74, 6) is 2.23. The molecule has 0 aliphatic rings. The lowest BCUT2D eigenvalue weighted by Gasteiger charge is -2.05. The van der Waals surface area contributed by atoms with Gasteiger partial charge in [0.05, 0.1) is 12.1 Å². The van der Waals surface area contributed by atoms with Crippen molar-refractivity contribution >= 4 is 28.7 Å². The summed E-state index contributed by atoms with van der Waals surface area (Å²) in [4.78, 5) is 24.4. The number of anilines is 1. The molecule has 0 radical (unpaired) electrons. The minimum atomic E-state index is 0.640. The van der Waals surface area contributed by atoms with Crippen LogP contribution >= 0.6 is 11.8 Å². The van der Waals surface area contributed by atoms with Gasteiger partial charge in [0.1, 0.15) is 28.5 Å². The normalized spacial score (nSPS) is 10.9. The molecule has 3 aromatic rings. The highest BCUT2D eigenvalue weighted by Crippen LogP contribution is 2.24. The highest BCUT2D eigenvalue weighted by atomic mass is 32.2. The zero-order valence-electron chi connectivity index (χ0n) is 11.1. The Hall–Kier alpha value is -2.22. The van der Waals surface area contributed by atoms with E-state index in [1.54, 1.807) is 18.1 Å². The van der Waals surface area contributed by atoms with E-state index in [2.05, 4.69) is 35.2 Å². The van der Waals surface area contributed by atoms with Gasteiger partial charge in [0, 0.05) is 18.8 Å². The maximum absolute atomic E-state index is 4.42. The third-order valence-electron chi connectivity index (χ3n) is 2.68. The molecule has 0 amide bonds. The molecule has 0 saturated carbocycles. The van der Waals surface area contributed by atoms with Crippen LogP contribution in [-0.4, -0.2) is 37.0 Å². The van der Waals surface area contributed by atoms with Crippen LogP contribution in [0.4, 0.5) is 5.82 Å². The van der Waals surface area contributed by atoms with Gasteiger partial charge in [0.2, 0.25) is 0 Å². The molecule has 0 atom stereocenters. The van der Waals surface area contributed by atoms with Crippen molar-refractivity contribution in [3.05, 3.63) is 30.2 Å². The minimum absolute atomic E-state index is 0.640. The van der Waals surface area contributed by atoms with E-state index in [9.17, 15) is 0 Å². The molecule has 3 rings (SSSR count). The summed E-state index contributed by atoms with van der Waals surface area (Å²) in [5.41, 5.74) is 2.46. The van der Waals surface area contributed by atoms with Crippen molar-refractivity contribution < 1.29 is 0 Å². The van der Waals surface area contributed by atoms with E-state index in [1.165, 1.54) is 6.33 Å². The van der Waals surface area contributed by atoms with Crippen LogP contribution < -0.4 is 5.32 Å². The lowest BCUT2D eigenvalue weighted by Crippen LogP contribution is -2.00. The van der Waals surface area contributed by atoms with E-state index >= 15 is 0 Å². The van der Waals surface area contributed by atoms with Crippen LogP contribution in [0.5, 0.6) is 0 Å². The number of nitrogens with one attached hydrogen (secondary N) is 2. The Bertz CT molecular complexity index is 740. The third kappa shape index (κ3) is 2.55. The van der Waals surface area contributed by atoms with E-state index in [0.717, 1.165) is 27.9 Å². The summed E-state index contributed by atoms with van der Waals surface area (Å²) in [6.07, 6.45) is 3.13. The molecule has 102 valence electrons. The maximum atomic E-state index is 4.42. The molecule has 20 heavy (non-hydrogen) atoms. The molecule has 7 nitrogen and oxygen atoms in total. The summed E-state index contributed by atoms with van der Waals surface area (Å²) in [7, 11) is 1.84. The van der Waals surface area contributed by atoms with Gasteiger partial charge in [-0.15, -0.1) is 0 Å². The minimum Gasteiger partial charge on any atom is -0.373 e. The predicted octanol–water partition coefficient (Wildman–Crippen LogP) is 1.79. The van der Waals surface area contributed by atoms with Gasteiger partial charge in [-0.25, -0.2) is 24.9 Å². The SMILES string of the molecule is CNc1cc(C)nc(CSc2ncnc3nc[nH]c23)n1. The van der Waals surface area contributed by atoms with Crippen LogP contribution in [0.1, 0.15) is 11.5 Å². The number of rotatable bonds is 4. The molecule has 0 aliphatic heterocycles. The van der Waals surface area contributed by atoms with Crippen LogP contribution in [0.2, 0.25) is 0 Å². The van der Waals surface area contributed by atoms with E-state index in [1.807, 2.05) is 20.0 Å². The molecule has 0 aliphatic carbocycles. The van der Waals surface area contributed by atoms with Crippen LogP contribution in [0.25, 0.3) is 11.2 Å². The van der Waals surface area contributed by atoms with Crippen molar-refractivity contribution in [3.8, 4) is 0 Å². The Morgan fingerprint density at radius 2 is 2.15 bits per heavy atom. The molecule has 0 aromatic carbocycles. The number of aryl methyl sites for hydroxylation is 1. The highest BCUT2D eigenvalue weighted by Gasteiger charge is 2.08. The van der Waals surface area contributed by atoms with E-state index < -0.39 is 0 Å². The Kier molecular flexibility index (Phi) is 3.46. The van der Waals surface area contributed by atoms with Crippen molar-refractivity contribution in [1.82, 2.24) is 29.9 Å². The first-order valence-corrected chi connectivity index (χ1v) is 7.04. The van der Waals surface area contributed by atoms with Crippen molar-refractivity contribution in [1.29, 1.82) is 0 Å². The number of aromatic amines is 1. The third-order valence-corrected chi connectivity index (χ3v) is 3.67. The Balaban J connectivity index is 1.82. The molecule has 0 saturated heterocycles. The van der Waals surface area contributed by atoms with Crippen molar-refractivity contribution in [2.45, 2.75) is 17.7 Å². The molecule has 0 fully saturated rings. The van der Waals surface area contributed by atoms with Gasteiger partial charge >= 0.3 is 0 Å². The van der Waals surface area contributed by atoms with Gasteiger partial charge in [-0.2, -0.15) is 0 Å². The Morgan fingerprint density at radius 3 is 3.00 bits per heavy atom. The summed E-state index contributed by atoms with van der Waals surface area (Å²) in [6.45, 7) is 1.95. The van der Waals surface area contributed by atoms with E-state index in [4.69, 9.17) is 0 Å². The van der Waals surface area contributed by atoms with Crippen molar-refractivity contribution in [2.24, 2.45) is 0 Å². The Morgan fingerprint density at radius 1 is 1.25 bits per heavy atom. The molecule has 0 unspecified atom stereocenters. The topological polar surface area (TPSA) is 92.3 Å². The number of imidazole rings is 1. The lowest BCUT2D eigenvalue weighted by atomic mass is 10.4. The first-order valence-electron chi connectivity index (χ1n) is 6.05. The standard InChI is InChI=1S/C12H13N7S/c1-7-3-8(13-2)19-9(18-7)4-20-12-10-11(15-5-14-10)16-6-17-12/h3,5-6H,4H2,1-2H3,(H,13,18,19)(H,14,15,16,17). The molecule has 0 bridgehead atoms. The summed E-state index contributed by atoms with van der Waals surface area (Å²) in [6, 6.07) is 1.91. The summed E-state index contributed by atoms with van der Waals surface area (Å²) >= 11 is 1.56. The number of hydrogen-bond acceptors (Lipinski definition) is 7. The number of aromatic nitrogens is 6. The molecule has 8 heteroatoms. The number of hydrogen-bond donors (Lipinski definition) is 2. The quantitative estimate of drug-likeness (QED) is 0.558. The van der Waals surface area contributed by atoms with Crippen LogP contribution in [0.15, 0.2) is 23.7 Å². The van der Waals surface area contributed by atoms with Gasteiger partial charge in [-0.05, 0) is 6.92 Å². The van der Waals surface area contributed by atoms with Gasteiger partial charge < -0.3 is 10.3 Å². The van der Waals surface area contributed by atoms with Crippen LogP contribution in [-0.2, 0) is 5.75 Å². The zero-order chi connectivity index (χ0) is 13.9. The molecule has 3 heterocycles. The number of fused-ring (bicyclic) bond motifs is 1. The van der Waals surface area contributed by atoms with Crippen LogP contribution in [0.3, 0.4) is 0 Å². The average Bonchev–Trinajstić information content (AvgIpc) is 2.93. The summed E-state index contributed by atoms with van der Waals surface area (Å²) < 4.78 is 0. The Labute approximate surface area is 119 Å². The molecule has 3 aromatic heterocycles.